The van der Waals surface area contributed by atoms with E-state index in [1.54, 1.807) is 26.2 Å². The average Bonchev–Trinajstić information content (AvgIpc) is 2.47. The normalized spacial score (nSPS) is 16.1. The molecule has 118 valence electrons. The number of carbonyl (C=O) groups excluding carboxylic acids is 1. The number of allylic oxidation sites excluding steroid dienone is 2. The van der Waals surface area contributed by atoms with E-state index in [1.165, 1.54) is 10.5 Å². The van der Waals surface area contributed by atoms with Crippen LogP contribution in [-0.4, -0.2) is 14.6 Å². The Labute approximate surface area is 146 Å². The number of rotatable bonds is 3. The molecule has 1 aromatic carbocycles. The molecule has 0 aliphatic carbocycles. The highest BCUT2D eigenvalue weighted by Crippen LogP contribution is 2.46. The number of halogens is 3. The molecule has 0 fully saturated rings. The lowest BCUT2D eigenvalue weighted by Gasteiger charge is -2.33. The summed E-state index contributed by atoms with van der Waals surface area (Å²) in [7, 11) is 0. The summed E-state index contributed by atoms with van der Waals surface area (Å²) in [5.41, 5.74) is 0.441. The summed E-state index contributed by atoms with van der Waals surface area (Å²) in [5.74, 6) is 0.0711. The van der Waals surface area contributed by atoms with Crippen LogP contribution in [-0.2, 0) is 4.79 Å². The van der Waals surface area contributed by atoms with Crippen LogP contribution in [0.5, 0.6) is 0 Å². The number of amides is 1. The Morgan fingerprint density at radius 2 is 1.64 bits per heavy atom. The van der Waals surface area contributed by atoms with Gasteiger partial charge in [-0.25, -0.2) is 0 Å². The molecule has 1 aliphatic rings. The largest absolute Gasteiger partial charge is 0.295 e. The lowest BCUT2D eigenvalue weighted by atomic mass is 9.90. The lowest BCUT2D eigenvalue weighted by molar-refractivity contribution is -0.128. The van der Waals surface area contributed by atoms with Crippen LogP contribution in [0.1, 0.15) is 31.7 Å². The van der Waals surface area contributed by atoms with E-state index in [-0.39, 0.29) is 18.2 Å². The molecular weight excluding hydrogens is 341 g/mol. The van der Waals surface area contributed by atoms with Gasteiger partial charge in [0, 0.05) is 30.2 Å². The molecule has 5 heteroatoms. The zero-order valence-electron chi connectivity index (χ0n) is 12.5. The van der Waals surface area contributed by atoms with Crippen LogP contribution in [0.25, 0.3) is 0 Å². The van der Waals surface area contributed by atoms with Crippen molar-refractivity contribution >= 4 is 40.7 Å². The first-order chi connectivity index (χ1) is 10.2. The van der Waals surface area contributed by atoms with E-state index >= 15 is 0 Å². The minimum Gasteiger partial charge on any atom is -0.295 e. The second-order valence-electron chi connectivity index (χ2n) is 5.98. The number of alkyl halides is 3. The average molecular weight is 359 g/mol. The Bertz CT molecular complexity index is 574. The number of hydrogen-bond acceptors (Lipinski definition) is 1. The van der Waals surface area contributed by atoms with Gasteiger partial charge in [-0.05, 0) is 5.56 Å². The topological polar surface area (TPSA) is 20.3 Å². The van der Waals surface area contributed by atoms with Crippen molar-refractivity contribution in [2.45, 2.75) is 30.0 Å². The fraction of sp³-hybridized carbons (Fsp3) is 0.353. The highest BCUT2D eigenvalue weighted by Gasteiger charge is 2.42. The van der Waals surface area contributed by atoms with Crippen molar-refractivity contribution in [1.82, 2.24) is 4.90 Å². The maximum atomic E-state index is 12.4. The number of benzene rings is 1. The predicted molar refractivity (Wildman–Crippen MR) is 93.0 cm³/mol. The molecule has 2 rings (SSSR count). The van der Waals surface area contributed by atoms with Gasteiger partial charge in [0.1, 0.15) is 0 Å². The van der Waals surface area contributed by atoms with Gasteiger partial charge >= 0.3 is 0 Å². The molecule has 0 unspecified atom stereocenters. The Hall–Kier alpha value is -0.960. The summed E-state index contributed by atoms with van der Waals surface area (Å²) in [6.45, 7) is 3.53. The van der Waals surface area contributed by atoms with Crippen molar-refractivity contribution < 1.29 is 4.79 Å². The predicted octanol–water partition coefficient (Wildman–Crippen LogP) is 5.43. The fourth-order valence-corrected chi connectivity index (χ4v) is 2.32. The molecule has 1 aromatic rings. The molecule has 1 amide bonds. The number of nitrogens with zero attached hydrogens (tertiary/aromatic N) is 1. The summed E-state index contributed by atoms with van der Waals surface area (Å²) in [6, 6.07) is 10.1. The van der Waals surface area contributed by atoms with Crippen molar-refractivity contribution in [3.8, 4) is 0 Å². The van der Waals surface area contributed by atoms with E-state index in [0.29, 0.717) is 0 Å². The van der Waals surface area contributed by atoms with E-state index in [2.05, 4.69) is 12.1 Å². The molecule has 0 saturated heterocycles. The van der Waals surface area contributed by atoms with Crippen LogP contribution in [0.3, 0.4) is 0 Å². The fourth-order valence-electron chi connectivity index (χ4n) is 2.12. The van der Waals surface area contributed by atoms with Gasteiger partial charge in [-0.15, -0.1) is 0 Å². The SMILES string of the molecule is CC(C)(CC(=O)N1C=CC(c2ccccc2)C=C1)C(Cl)(Cl)Cl. The molecule has 0 saturated carbocycles. The molecule has 1 aliphatic heterocycles. The second kappa shape index (κ2) is 6.66. The number of carbonyl (C=O) groups is 1. The molecule has 0 radical (unpaired) electrons. The second-order valence-corrected chi connectivity index (χ2v) is 8.26. The molecule has 2 nitrogen and oxygen atoms in total. The quantitative estimate of drug-likeness (QED) is 0.660. The Morgan fingerprint density at radius 3 is 2.14 bits per heavy atom. The van der Waals surface area contributed by atoms with Crippen molar-refractivity contribution in [3.05, 3.63) is 60.4 Å². The number of hydrogen-bond donors (Lipinski definition) is 0. The molecule has 0 atom stereocenters. The first kappa shape index (κ1) is 17.4. The van der Waals surface area contributed by atoms with Gasteiger partial charge in [-0.1, -0.05) is 91.1 Å². The molecular formula is C17H18Cl3NO. The maximum absolute atomic E-state index is 12.4. The summed E-state index contributed by atoms with van der Waals surface area (Å²) >= 11 is 17.8. The van der Waals surface area contributed by atoms with E-state index in [1.807, 2.05) is 30.4 Å². The van der Waals surface area contributed by atoms with Gasteiger partial charge in [0.15, 0.2) is 3.79 Å². The Morgan fingerprint density at radius 1 is 1.09 bits per heavy atom. The third-order valence-electron chi connectivity index (χ3n) is 3.74. The molecule has 0 spiro atoms. The van der Waals surface area contributed by atoms with Gasteiger partial charge in [-0.3, -0.25) is 9.69 Å². The Balaban J connectivity index is 2.02. The molecule has 0 N–H and O–H groups in total. The summed E-state index contributed by atoms with van der Waals surface area (Å²) in [5, 5.41) is 0. The molecule has 0 bridgehead atoms. The minimum absolute atomic E-state index is 0.102. The van der Waals surface area contributed by atoms with Crippen molar-refractivity contribution in [2.24, 2.45) is 5.41 Å². The van der Waals surface area contributed by atoms with Crippen molar-refractivity contribution in [2.75, 3.05) is 0 Å². The summed E-state index contributed by atoms with van der Waals surface area (Å²) < 4.78 is -1.49. The van der Waals surface area contributed by atoms with Gasteiger partial charge in [0.2, 0.25) is 5.91 Å². The minimum atomic E-state index is -1.49. The van der Waals surface area contributed by atoms with Gasteiger partial charge in [0.25, 0.3) is 0 Å². The lowest BCUT2D eigenvalue weighted by Crippen LogP contribution is -2.35. The zero-order valence-corrected chi connectivity index (χ0v) is 14.7. The van der Waals surface area contributed by atoms with E-state index in [0.717, 1.165) is 0 Å². The van der Waals surface area contributed by atoms with Crippen LogP contribution in [0.2, 0.25) is 0 Å². The zero-order chi connectivity index (χ0) is 16.4. The highest BCUT2D eigenvalue weighted by molar-refractivity contribution is 6.68. The van der Waals surface area contributed by atoms with Crippen LogP contribution >= 0.6 is 34.8 Å². The summed E-state index contributed by atoms with van der Waals surface area (Å²) in [4.78, 5) is 13.9. The van der Waals surface area contributed by atoms with Gasteiger partial charge in [0.05, 0.1) is 0 Å². The highest BCUT2D eigenvalue weighted by atomic mass is 35.6. The molecule has 1 heterocycles. The van der Waals surface area contributed by atoms with Crippen molar-refractivity contribution in [1.29, 1.82) is 0 Å². The maximum Gasteiger partial charge on any atom is 0.231 e. The monoisotopic (exact) mass is 357 g/mol. The summed E-state index contributed by atoms with van der Waals surface area (Å²) in [6.07, 6.45) is 7.65. The molecule has 0 aromatic heterocycles. The Kier molecular flexibility index (Phi) is 5.26. The van der Waals surface area contributed by atoms with Gasteiger partial charge < -0.3 is 0 Å². The van der Waals surface area contributed by atoms with Crippen LogP contribution in [0, 0.1) is 5.41 Å². The van der Waals surface area contributed by atoms with Crippen LogP contribution < -0.4 is 0 Å². The van der Waals surface area contributed by atoms with Crippen LogP contribution in [0.4, 0.5) is 0 Å². The van der Waals surface area contributed by atoms with E-state index in [4.69, 9.17) is 34.8 Å². The van der Waals surface area contributed by atoms with E-state index < -0.39 is 9.21 Å². The third kappa shape index (κ3) is 4.07. The van der Waals surface area contributed by atoms with Gasteiger partial charge in [-0.2, -0.15) is 0 Å². The standard InChI is InChI=1S/C17H18Cl3NO/c1-16(2,17(18,19)20)12-15(22)21-10-8-14(9-11-21)13-6-4-3-5-7-13/h3-11,14H,12H2,1-2H3. The van der Waals surface area contributed by atoms with Crippen molar-refractivity contribution in [3.63, 3.8) is 0 Å². The van der Waals surface area contributed by atoms with Crippen LogP contribution in [0.15, 0.2) is 54.9 Å². The third-order valence-corrected chi connectivity index (χ3v) is 5.28. The first-order valence-electron chi connectivity index (χ1n) is 7.00. The smallest absolute Gasteiger partial charge is 0.231 e. The molecule has 22 heavy (non-hydrogen) atoms. The van der Waals surface area contributed by atoms with E-state index in [9.17, 15) is 4.79 Å². The first-order valence-corrected chi connectivity index (χ1v) is 8.13.